The first-order valence-corrected chi connectivity index (χ1v) is 13.7. The van der Waals surface area contributed by atoms with Crippen LogP contribution in [0.25, 0.3) is 10.4 Å². The van der Waals surface area contributed by atoms with E-state index in [1.807, 2.05) is 6.92 Å². The standard InChI is InChI=1S/C28H33F5N2O3S/c1-3-4-9-20-21(26(37)38)10-6-11-22(20)35-25(36)15-27(30,28(31,32)33)17(2)16-34-19-8-5-7-18(14-19)23-12-13-24(29)39-23/h5,7-8,12-14,16,20-22,34H,3-4,6,9-11,15H2,1-2H3,(H,35,36)(H,37,38)/b17-16+. The lowest BCUT2D eigenvalue weighted by Crippen LogP contribution is -2.51. The van der Waals surface area contributed by atoms with Crippen LogP contribution in [0.5, 0.6) is 0 Å². The summed E-state index contributed by atoms with van der Waals surface area (Å²) < 4.78 is 71.0. The molecule has 1 aromatic carbocycles. The average Bonchev–Trinajstić information content (AvgIpc) is 3.31. The van der Waals surface area contributed by atoms with Crippen molar-refractivity contribution in [3.8, 4) is 10.4 Å². The number of rotatable bonds is 11. The van der Waals surface area contributed by atoms with Crippen molar-refractivity contribution in [2.45, 2.75) is 76.7 Å². The van der Waals surface area contributed by atoms with Gasteiger partial charge in [0.25, 0.3) is 0 Å². The number of nitrogens with one attached hydrogen (secondary N) is 2. The molecule has 39 heavy (non-hydrogen) atoms. The minimum atomic E-state index is -5.37. The maximum Gasteiger partial charge on any atom is 0.427 e. The number of amides is 1. The molecule has 2 aromatic rings. The Hall–Kier alpha value is -2.95. The largest absolute Gasteiger partial charge is 0.481 e. The van der Waals surface area contributed by atoms with Crippen LogP contribution in [0.4, 0.5) is 27.6 Å². The number of carboxylic acid groups (broad SMARTS) is 1. The van der Waals surface area contributed by atoms with Crippen LogP contribution in [-0.4, -0.2) is 34.9 Å². The molecule has 0 radical (unpaired) electrons. The summed E-state index contributed by atoms with van der Waals surface area (Å²) in [5.74, 6) is -3.26. The van der Waals surface area contributed by atoms with E-state index in [1.54, 1.807) is 30.3 Å². The summed E-state index contributed by atoms with van der Waals surface area (Å²) >= 11 is 0.913. The van der Waals surface area contributed by atoms with Gasteiger partial charge in [0, 0.05) is 22.8 Å². The third-order valence-corrected chi connectivity index (χ3v) is 8.20. The number of unbranched alkanes of at least 4 members (excludes halogenated alkanes) is 1. The third-order valence-electron chi connectivity index (χ3n) is 7.27. The van der Waals surface area contributed by atoms with Gasteiger partial charge in [0.2, 0.25) is 11.6 Å². The number of alkyl halides is 4. The molecule has 4 unspecified atom stereocenters. The van der Waals surface area contributed by atoms with E-state index in [9.17, 15) is 32.3 Å². The molecular weight excluding hydrogens is 539 g/mol. The molecule has 3 rings (SSSR count). The SMILES string of the molecule is CCCCC1C(NC(=O)CC(F)(/C(C)=C/Nc2cccc(-c3ccc(F)s3)c2)C(F)(F)F)CCCC1C(=O)O. The molecule has 1 heterocycles. The summed E-state index contributed by atoms with van der Waals surface area (Å²) in [7, 11) is 0. The highest BCUT2D eigenvalue weighted by molar-refractivity contribution is 7.13. The molecule has 1 aliphatic rings. The highest BCUT2D eigenvalue weighted by Gasteiger charge is 2.58. The Labute approximate surface area is 228 Å². The van der Waals surface area contributed by atoms with E-state index >= 15 is 4.39 Å². The predicted octanol–water partition coefficient (Wildman–Crippen LogP) is 7.71. The fourth-order valence-electron chi connectivity index (χ4n) is 5.07. The third kappa shape index (κ3) is 7.58. The zero-order chi connectivity index (χ0) is 28.8. The first-order valence-electron chi connectivity index (χ1n) is 12.9. The van der Waals surface area contributed by atoms with Gasteiger partial charge in [-0.2, -0.15) is 17.6 Å². The monoisotopic (exact) mass is 572 g/mol. The number of halogens is 5. The van der Waals surface area contributed by atoms with Crippen LogP contribution in [-0.2, 0) is 9.59 Å². The Bertz CT molecular complexity index is 1180. The van der Waals surface area contributed by atoms with Gasteiger partial charge in [0.15, 0.2) is 5.13 Å². The minimum absolute atomic E-state index is 0.357. The molecule has 1 saturated carbocycles. The minimum Gasteiger partial charge on any atom is -0.481 e. The van der Waals surface area contributed by atoms with Gasteiger partial charge < -0.3 is 15.7 Å². The lowest BCUT2D eigenvalue weighted by molar-refractivity contribution is -0.218. The van der Waals surface area contributed by atoms with E-state index < -0.39 is 53.6 Å². The molecule has 11 heteroatoms. The zero-order valence-corrected chi connectivity index (χ0v) is 22.6. The van der Waals surface area contributed by atoms with Crippen molar-refractivity contribution >= 4 is 28.9 Å². The van der Waals surface area contributed by atoms with Gasteiger partial charge in [-0.05, 0) is 67.5 Å². The summed E-state index contributed by atoms with van der Waals surface area (Å²) in [6.07, 6.45) is -2.59. The van der Waals surface area contributed by atoms with Crippen LogP contribution in [0, 0.1) is 17.0 Å². The van der Waals surface area contributed by atoms with Gasteiger partial charge in [-0.25, -0.2) is 4.39 Å². The Morgan fingerprint density at radius 2 is 1.90 bits per heavy atom. The molecule has 0 aliphatic heterocycles. The molecule has 1 amide bonds. The van der Waals surface area contributed by atoms with Gasteiger partial charge in [-0.3, -0.25) is 9.59 Å². The number of carboxylic acids is 1. The average molecular weight is 573 g/mol. The van der Waals surface area contributed by atoms with Crippen molar-refractivity contribution in [2.24, 2.45) is 11.8 Å². The quantitative estimate of drug-likeness (QED) is 0.241. The number of allylic oxidation sites excluding steroid dienone is 1. The van der Waals surface area contributed by atoms with Crippen molar-refractivity contribution in [1.29, 1.82) is 0 Å². The molecule has 1 aromatic heterocycles. The molecule has 0 spiro atoms. The van der Waals surface area contributed by atoms with E-state index in [0.29, 0.717) is 48.2 Å². The Balaban J connectivity index is 1.76. The van der Waals surface area contributed by atoms with Gasteiger partial charge >= 0.3 is 12.1 Å². The molecule has 1 aliphatic carbocycles. The highest BCUT2D eigenvalue weighted by atomic mass is 32.1. The summed E-state index contributed by atoms with van der Waals surface area (Å²) in [5.41, 5.74) is -3.70. The Morgan fingerprint density at radius 3 is 2.51 bits per heavy atom. The molecular formula is C28H33F5N2O3S. The summed E-state index contributed by atoms with van der Waals surface area (Å²) in [4.78, 5) is 25.1. The van der Waals surface area contributed by atoms with Crippen LogP contribution >= 0.6 is 11.3 Å². The van der Waals surface area contributed by atoms with Crippen molar-refractivity contribution in [3.63, 3.8) is 0 Å². The number of hydrogen-bond donors (Lipinski definition) is 3. The highest BCUT2D eigenvalue weighted by Crippen LogP contribution is 2.43. The second kappa shape index (κ2) is 12.9. The lowest BCUT2D eigenvalue weighted by Gasteiger charge is -2.37. The fourth-order valence-corrected chi connectivity index (χ4v) is 5.80. The second-order valence-corrected chi connectivity index (χ2v) is 11.0. The molecule has 5 nitrogen and oxygen atoms in total. The molecule has 1 fully saturated rings. The van der Waals surface area contributed by atoms with E-state index in [4.69, 9.17) is 0 Å². The summed E-state index contributed by atoms with van der Waals surface area (Å²) in [5, 5.41) is 14.4. The number of carbonyl (C=O) groups excluding carboxylic acids is 1. The van der Waals surface area contributed by atoms with Crippen LogP contribution in [0.3, 0.4) is 0 Å². The van der Waals surface area contributed by atoms with E-state index in [1.165, 1.54) is 6.07 Å². The van der Waals surface area contributed by atoms with E-state index in [2.05, 4.69) is 10.6 Å². The molecule has 3 N–H and O–H groups in total. The van der Waals surface area contributed by atoms with Gasteiger partial charge in [-0.1, -0.05) is 38.3 Å². The Morgan fingerprint density at radius 1 is 1.15 bits per heavy atom. The number of anilines is 1. The molecule has 4 atom stereocenters. The number of thiophene rings is 1. The first-order chi connectivity index (χ1) is 18.4. The van der Waals surface area contributed by atoms with Crippen molar-refractivity contribution < 1.29 is 36.6 Å². The number of aliphatic carboxylic acids is 1. The smallest absolute Gasteiger partial charge is 0.427 e. The lowest BCUT2D eigenvalue weighted by atomic mass is 9.73. The molecule has 214 valence electrons. The maximum absolute atomic E-state index is 15.6. The number of benzene rings is 1. The zero-order valence-electron chi connectivity index (χ0n) is 21.8. The summed E-state index contributed by atoms with van der Waals surface area (Å²) in [6.45, 7) is 2.89. The topological polar surface area (TPSA) is 78.4 Å². The van der Waals surface area contributed by atoms with Gasteiger partial charge in [0.1, 0.15) is 0 Å². The maximum atomic E-state index is 15.6. The fraction of sp³-hybridized carbons (Fsp3) is 0.500. The van der Waals surface area contributed by atoms with Crippen LogP contribution < -0.4 is 10.6 Å². The van der Waals surface area contributed by atoms with E-state index in [0.717, 1.165) is 30.9 Å². The summed E-state index contributed by atoms with van der Waals surface area (Å²) in [6, 6.07) is 8.74. The predicted molar refractivity (Wildman–Crippen MR) is 142 cm³/mol. The van der Waals surface area contributed by atoms with E-state index in [-0.39, 0.29) is 5.13 Å². The molecule has 0 saturated heterocycles. The molecule has 0 bridgehead atoms. The van der Waals surface area contributed by atoms with Crippen LogP contribution in [0.1, 0.15) is 58.8 Å². The van der Waals surface area contributed by atoms with Crippen molar-refractivity contribution in [3.05, 3.63) is 53.3 Å². The van der Waals surface area contributed by atoms with Gasteiger partial charge in [-0.15, -0.1) is 11.3 Å². The van der Waals surface area contributed by atoms with Crippen molar-refractivity contribution in [2.75, 3.05) is 5.32 Å². The van der Waals surface area contributed by atoms with Crippen LogP contribution in [0.15, 0.2) is 48.2 Å². The van der Waals surface area contributed by atoms with Gasteiger partial charge in [0.05, 0.1) is 12.3 Å². The second-order valence-electron chi connectivity index (χ2n) is 9.99. The van der Waals surface area contributed by atoms with Crippen LogP contribution in [0.2, 0.25) is 0 Å². The first kappa shape index (κ1) is 30.6. The Kier molecular flexibility index (Phi) is 10.1. The normalized spacial score (nSPS) is 21.7. The number of hydrogen-bond acceptors (Lipinski definition) is 4. The van der Waals surface area contributed by atoms with Crippen molar-refractivity contribution in [1.82, 2.24) is 5.32 Å². The number of carbonyl (C=O) groups is 2.